The molecule has 0 saturated carbocycles. The van der Waals surface area contributed by atoms with E-state index in [0.717, 1.165) is 16.7 Å². The Kier molecular flexibility index (Phi) is 7.02. The maximum Gasteiger partial charge on any atom is 0.338 e. The zero-order chi connectivity index (χ0) is 19.1. The molecule has 1 fully saturated rings. The molecule has 1 N–H and O–H groups in total. The third-order valence-corrected chi connectivity index (χ3v) is 4.15. The molecule has 1 aromatic rings. The first-order chi connectivity index (χ1) is 12.4. The largest absolute Gasteiger partial charge is 0.491 e. The number of hydrogen-bond donors (Lipinski definition) is 1. The summed E-state index contributed by atoms with van der Waals surface area (Å²) < 4.78 is 10.4. The highest BCUT2D eigenvalue weighted by molar-refractivity contribution is 8.14. The molecule has 1 aliphatic rings. The van der Waals surface area contributed by atoms with Crippen molar-refractivity contribution in [1.29, 1.82) is 0 Å². The lowest BCUT2D eigenvalue weighted by molar-refractivity contribution is -0.126. The third-order valence-electron chi connectivity index (χ3n) is 3.29. The summed E-state index contributed by atoms with van der Waals surface area (Å²) in [5, 5.41) is 2.18. The zero-order valence-electron chi connectivity index (χ0n) is 14.5. The molecule has 1 aliphatic heterocycles. The fourth-order valence-electron chi connectivity index (χ4n) is 2.11. The van der Waals surface area contributed by atoms with Crippen LogP contribution in [-0.2, 0) is 14.3 Å². The molecule has 0 unspecified atom stereocenters. The highest BCUT2D eigenvalue weighted by atomic mass is 32.2. The molecule has 9 heteroatoms. The van der Waals surface area contributed by atoms with Crippen LogP contribution >= 0.6 is 11.8 Å². The van der Waals surface area contributed by atoms with Gasteiger partial charge in [0.25, 0.3) is 11.1 Å². The fourth-order valence-corrected chi connectivity index (χ4v) is 2.86. The van der Waals surface area contributed by atoms with E-state index < -0.39 is 18.5 Å². The smallest absolute Gasteiger partial charge is 0.338 e. The van der Waals surface area contributed by atoms with Crippen LogP contribution in [0.4, 0.5) is 4.79 Å². The zero-order valence-corrected chi connectivity index (χ0v) is 15.3. The summed E-state index contributed by atoms with van der Waals surface area (Å²) in [6, 6.07) is 6.41. The Morgan fingerprint density at radius 3 is 2.50 bits per heavy atom. The predicted octanol–water partition coefficient (Wildman–Crippen LogP) is 1.44. The van der Waals surface area contributed by atoms with Crippen LogP contribution in [0, 0.1) is 0 Å². The lowest BCUT2D eigenvalue weighted by atomic mass is 10.2. The number of ether oxygens (including phenoxy) is 2. The van der Waals surface area contributed by atoms with E-state index in [1.807, 2.05) is 13.8 Å². The first kappa shape index (κ1) is 19.8. The quantitative estimate of drug-likeness (QED) is 0.681. The third kappa shape index (κ3) is 5.76. The van der Waals surface area contributed by atoms with E-state index in [4.69, 9.17) is 9.47 Å². The summed E-state index contributed by atoms with van der Waals surface area (Å²) in [7, 11) is 0. The van der Waals surface area contributed by atoms with Gasteiger partial charge in [-0.1, -0.05) is 11.8 Å². The topological polar surface area (TPSA) is 102 Å². The minimum atomic E-state index is -0.627. The van der Waals surface area contributed by atoms with Gasteiger partial charge in [0, 0.05) is 13.1 Å². The van der Waals surface area contributed by atoms with Gasteiger partial charge in [-0.3, -0.25) is 19.3 Å². The van der Waals surface area contributed by atoms with E-state index in [9.17, 15) is 19.2 Å². The van der Waals surface area contributed by atoms with Gasteiger partial charge >= 0.3 is 5.97 Å². The van der Waals surface area contributed by atoms with Gasteiger partial charge in [-0.05, 0) is 38.1 Å². The SMILES string of the molecule is CC(C)Oc1ccc(C(=O)OCC(=O)NCCN2C(=O)CSC2=O)cc1. The number of nitrogens with zero attached hydrogens (tertiary/aromatic N) is 1. The van der Waals surface area contributed by atoms with Crippen molar-refractivity contribution in [1.82, 2.24) is 10.2 Å². The molecular weight excluding hydrogens is 360 g/mol. The van der Waals surface area contributed by atoms with Crippen LogP contribution in [0.1, 0.15) is 24.2 Å². The average Bonchev–Trinajstić information content (AvgIpc) is 2.91. The summed E-state index contributed by atoms with van der Waals surface area (Å²) in [6.45, 7) is 3.56. The number of hydrogen-bond acceptors (Lipinski definition) is 7. The number of rotatable bonds is 8. The normalized spacial score (nSPS) is 13.9. The number of benzene rings is 1. The second-order valence-corrected chi connectivity index (χ2v) is 6.64. The first-order valence-electron chi connectivity index (χ1n) is 8.04. The van der Waals surface area contributed by atoms with Gasteiger partial charge in [0.2, 0.25) is 5.91 Å². The molecule has 1 saturated heterocycles. The maximum atomic E-state index is 11.9. The van der Waals surface area contributed by atoms with Gasteiger partial charge in [0.05, 0.1) is 17.4 Å². The van der Waals surface area contributed by atoms with Crippen molar-refractivity contribution in [3.63, 3.8) is 0 Å². The van der Waals surface area contributed by atoms with E-state index in [0.29, 0.717) is 11.3 Å². The van der Waals surface area contributed by atoms with Gasteiger partial charge in [0.1, 0.15) is 5.75 Å². The molecule has 1 heterocycles. The Morgan fingerprint density at radius 1 is 1.23 bits per heavy atom. The molecule has 0 atom stereocenters. The predicted molar refractivity (Wildman–Crippen MR) is 95.1 cm³/mol. The van der Waals surface area contributed by atoms with E-state index in [1.54, 1.807) is 24.3 Å². The molecule has 1 aromatic carbocycles. The van der Waals surface area contributed by atoms with Crippen LogP contribution in [0.2, 0.25) is 0 Å². The summed E-state index contributed by atoms with van der Waals surface area (Å²) in [5.74, 6) is -0.641. The Morgan fingerprint density at radius 2 is 1.92 bits per heavy atom. The second kappa shape index (κ2) is 9.23. The van der Waals surface area contributed by atoms with Crippen molar-refractivity contribution < 1.29 is 28.7 Å². The maximum absolute atomic E-state index is 11.9. The van der Waals surface area contributed by atoms with Crippen molar-refractivity contribution in [2.45, 2.75) is 20.0 Å². The van der Waals surface area contributed by atoms with Crippen molar-refractivity contribution in [2.24, 2.45) is 0 Å². The fraction of sp³-hybridized carbons (Fsp3) is 0.412. The van der Waals surface area contributed by atoms with Crippen molar-refractivity contribution in [2.75, 3.05) is 25.4 Å². The Balaban J connectivity index is 1.70. The molecule has 3 amide bonds. The van der Waals surface area contributed by atoms with Gasteiger partial charge in [-0.15, -0.1) is 0 Å². The molecule has 0 radical (unpaired) electrons. The van der Waals surface area contributed by atoms with Gasteiger partial charge in [0.15, 0.2) is 6.61 Å². The number of nitrogens with one attached hydrogen (secondary N) is 1. The molecule has 0 aromatic heterocycles. The van der Waals surface area contributed by atoms with E-state index in [-0.39, 0.29) is 36.1 Å². The average molecular weight is 380 g/mol. The number of thioether (sulfide) groups is 1. The Labute approximate surface area is 155 Å². The van der Waals surface area contributed by atoms with Gasteiger partial charge < -0.3 is 14.8 Å². The van der Waals surface area contributed by atoms with Crippen LogP contribution in [0.15, 0.2) is 24.3 Å². The molecule has 0 spiro atoms. The lowest BCUT2D eigenvalue weighted by Crippen LogP contribution is -2.38. The summed E-state index contributed by atoms with van der Waals surface area (Å²) in [6.07, 6.45) is 0.0289. The number of imide groups is 1. The standard InChI is InChI=1S/C17H20N2O6S/c1-11(2)25-13-5-3-12(4-6-13)16(22)24-9-14(20)18-7-8-19-15(21)10-26-17(19)23/h3-6,11H,7-10H2,1-2H3,(H,18,20). The lowest BCUT2D eigenvalue weighted by Gasteiger charge is -2.13. The first-order valence-corrected chi connectivity index (χ1v) is 9.03. The van der Waals surface area contributed by atoms with Crippen LogP contribution in [0.25, 0.3) is 0 Å². The monoisotopic (exact) mass is 380 g/mol. The summed E-state index contributed by atoms with van der Waals surface area (Å²) in [4.78, 5) is 47.5. The number of esters is 1. The van der Waals surface area contributed by atoms with Crippen molar-refractivity contribution >= 4 is 34.8 Å². The van der Waals surface area contributed by atoms with Gasteiger partial charge in [-0.2, -0.15) is 0 Å². The molecule has 140 valence electrons. The Hall–Kier alpha value is -2.55. The van der Waals surface area contributed by atoms with Crippen LogP contribution < -0.4 is 10.1 Å². The highest BCUT2D eigenvalue weighted by Gasteiger charge is 2.29. The molecular formula is C17H20N2O6S. The van der Waals surface area contributed by atoms with E-state index in [1.165, 1.54) is 0 Å². The van der Waals surface area contributed by atoms with Crippen molar-refractivity contribution in [3.05, 3.63) is 29.8 Å². The minimum absolute atomic E-state index is 0.0289. The van der Waals surface area contributed by atoms with Gasteiger partial charge in [-0.25, -0.2) is 4.79 Å². The van der Waals surface area contributed by atoms with Crippen LogP contribution in [0.5, 0.6) is 5.75 Å². The molecule has 0 aliphatic carbocycles. The molecule has 2 rings (SSSR count). The molecule has 0 bridgehead atoms. The summed E-state index contributed by atoms with van der Waals surface area (Å²) >= 11 is 0.935. The number of carbonyl (C=O) groups is 4. The number of amides is 3. The van der Waals surface area contributed by atoms with E-state index >= 15 is 0 Å². The molecule has 8 nitrogen and oxygen atoms in total. The van der Waals surface area contributed by atoms with Crippen molar-refractivity contribution in [3.8, 4) is 5.75 Å². The second-order valence-electron chi connectivity index (χ2n) is 5.72. The summed E-state index contributed by atoms with van der Waals surface area (Å²) in [5.41, 5.74) is 0.305. The minimum Gasteiger partial charge on any atom is -0.491 e. The van der Waals surface area contributed by atoms with Crippen LogP contribution in [-0.4, -0.2) is 59.5 Å². The van der Waals surface area contributed by atoms with Crippen LogP contribution in [0.3, 0.4) is 0 Å². The number of carbonyl (C=O) groups excluding carboxylic acids is 4. The highest BCUT2D eigenvalue weighted by Crippen LogP contribution is 2.17. The van der Waals surface area contributed by atoms with E-state index in [2.05, 4.69) is 5.32 Å². The Bertz CT molecular complexity index is 673. The molecule has 26 heavy (non-hydrogen) atoms.